The minimum atomic E-state index is -0.805. The molecule has 0 radical (unpaired) electrons. The maximum absolute atomic E-state index is 11.4. The number of aliphatic carboxylic acids is 1. The van der Waals surface area contributed by atoms with Gasteiger partial charge in [0, 0.05) is 0 Å². The van der Waals surface area contributed by atoms with Gasteiger partial charge in [-0.3, -0.25) is 4.79 Å². The van der Waals surface area contributed by atoms with Gasteiger partial charge < -0.3 is 5.11 Å². The summed E-state index contributed by atoms with van der Waals surface area (Å²) in [5, 5.41) is 9.33. The first-order valence-corrected chi connectivity index (χ1v) is 5.91. The van der Waals surface area contributed by atoms with E-state index in [1.165, 1.54) is 0 Å². The lowest BCUT2D eigenvalue weighted by atomic mass is 9.91. The summed E-state index contributed by atoms with van der Waals surface area (Å²) < 4.78 is 0. The highest BCUT2D eigenvalue weighted by Gasteiger charge is 2.20. The van der Waals surface area contributed by atoms with Gasteiger partial charge in [-0.25, -0.2) is 0 Å². The lowest BCUT2D eigenvalue weighted by molar-refractivity contribution is -0.138. The quantitative estimate of drug-likeness (QED) is 0.767. The van der Waals surface area contributed by atoms with E-state index in [2.05, 4.69) is 6.58 Å². The molecule has 1 rings (SSSR count). The second-order valence-electron chi connectivity index (χ2n) is 3.98. The highest BCUT2D eigenvalue weighted by atomic mass is 16.4. The van der Waals surface area contributed by atoms with Gasteiger partial charge in [0.25, 0.3) is 0 Å². The second kappa shape index (κ2) is 7.28. The molecule has 0 spiro atoms. The van der Waals surface area contributed by atoms with Crippen molar-refractivity contribution >= 4 is 5.97 Å². The van der Waals surface area contributed by atoms with Crippen LogP contribution in [0.2, 0.25) is 0 Å². The largest absolute Gasteiger partial charge is 0.481 e. The summed E-state index contributed by atoms with van der Waals surface area (Å²) in [7, 11) is 0. The van der Waals surface area contributed by atoms with E-state index in [-0.39, 0.29) is 0 Å². The Kier molecular flexibility index (Phi) is 5.65. The molecule has 0 aliphatic rings. The zero-order valence-corrected chi connectivity index (χ0v) is 10.5. The van der Waals surface area contributed by atoms with Crippen molar-refractivity contribution < 1.29 is 9.90 Å². The molecule has 2 heteroatoms. The number of allylic oxidation sites excluding steroid dienone is 5. The van der Waals surface area contributed by atoms with Crippen molar-refractivity contribution in [1.29, 1.82) is 0 Å². The Hall–Kier alpha value is -2.09. The van der Waals surface area contributed by atoms with E-state index in [4.69, 9.17) is 0 Å². The summed E-state index contributed by atoms with van der Waals surface area (Å²) in [6.45, 7) is 5.56. The lowest BCUT2D eigenvalue weighted by Crippen LogP contribution is -2.12. The van der Waals surface area contributed by atoms with Crippen molar-refractivity contribution in [2.45, 2.75) is 19.3 Å². The molecule has 94 valence electrons. The summed E-state index contributed by atoms with van der Waals surface area (Å²) in [6, 6.07) is 9.30. The van der Waals surface area contributed by atoms with Crippen molar-refractivity contribution in [3.05, 3.63) is 72.4 Å². The summed E-state index contributed by atoms with van der Waals surface area (Å²) in [6.07, 6.45) is 7.81. The SMILES string of the molecule is C=C/C=C(\C=C/C)CC(C(=O)O)c1ccccc1. The molecular formula is C16H18O2. The minimum Gasteiger partial charge on any atom is -0.481 e. The first-order valence-electron chi connectivity index (χ1n) is 5.91. The number of hydrogen-bond donors (Lipinski definition) is 1. The van der Waals surface area contributed by atoms with Crippen LogP contribution in [0, 0.1) is 0 Å². The van der Waals surface area contributed by atoms with Crippen molar-refractivity contribution in [3.8, 4) is 0 Å². The van der Waals surface area contributed by atoms with Crippen LogP contribution in [0.1, 0.15) is 24.8 Å². The Morgan fingerprint density at radius 2 is 2.06 bits per heavy atom. The molecule has 1 aromatic rings. The summed E-state index contributed by atoms with van der Waals surface area (Å²) >= 11 is 0. The molecule has 0 saturated carbocycles. The van der Waals surface area contributed by atoms with Crippen LogP contribution in [0.25, 0.3) is 0 Å². The minimum absolute atomic E-state index is 0.468. The third kappa shape index (κ3) is 4.06. The molecule has 0 aromatic heterocycles. The van der Waals surface area contributed by atoms with Crippen LogP contribution in [0.15, 0.2) is 66.8 Å². The topological polar surface area (TPSA) is 37.3 Å². The third-order valence-corrected chi connectivity index (χ3v) is 2.65. The molecule has 0 fully saturated rings. The Labute approximate surface area is 108 Å². The molecule has 1 aromatic carbocycles. The maximum atomic E-state index is 11.4. The normalized spacial score (nSPS) is 13.5. The van der Waals surface area contributed by atoms with E-state index in [0.29, 0.717) is 6.42 Å². The highest BCUT2D eigenvalue weighted by molar-refractivity contribution is 5.76. The second-order valence-corrected chi connectivity index (χ2v) is 3.98. The van der Waals surface area contributed by atoms with Crippen LogP contribution in [-0.2, 0) is 4.79 Å². The van der Waals surface area contributed by atoms with Crippen molar-refractivity contribution in [3.63, 3.8) is 0 Å². The van der Waals surface area contributed by atoms with Gasteiger partial charge >= 0.3 is 5.97 Å². The van der Waals surface area contributed by atoms with Gasteiger partial charge in [-0.15, -0.1) is 0 Å². The molecule has 0 bridgehead atoms. The van der Waals surface area contributed by atoms with Gasteiger partial charge in [0.2, 0.25) is 0 Å². The van der Waals surface area contributed by atoms with Gasteiger partial charge in [-0.1, -0.05) is 61.2 Å². The molecule has 0 aliphatic heterocycles. The summed E-state index contributed by atoms with van der Waals surface area (Å²) in [4.78, 5) is 11.4. The van der Waals surface area contributed by atoms with Crippen molar-refractivity contribution in [2.75, 3.05) is 0 Å². The fraction of sp³-hybridized carbons (Fsp3) is 0.188. The number of carbonyl (C=O) groups is 1. The van der Waals surface area contributed by atoms with Gasteiger partial charge in [-0.2, -0.15) is 0 Å². The van der Waals surface area contributed by atoms with Gasteiger partial charge in [0.1, 0.15) is 0 Å². The molecular weight excluding hydrogens is 224 g/mol. The first-order chi connectivity index (χ1) is 8.69. The van der Waals surface area contributed by atoms with E-state index in [0.717, 1.165) is 11.1 Å². The standard InChI is InChI=1S/C16H18O2/c1-3-8-13(9-4-2)12-15(16(17)18)14-10-6-5-7-11-14/h3-11,15H,1,12H2,2H3,(H,17,18)/b9-4-,13-8+. The van der Waals surface area contributed by atoms with Crippen LogP contribution < -0.4 is 0 Å². The monoisotopic (exact) mass is 242 g/mol. The third-order valence-electron chi connectivity index (χ3n) is 2.65. The van der Waals surface area contributed by atoms with Gasteiger partial charge in [-0.05, 0) is 24.5 Å². The van der Waals surface area contributed by atoms with Crippen LogP contribution in [0.3, 0.4) is 0 Å². The zero-order valence-electron chi connectivity index (χ0n) is 10.5. The predicted molar refractivity (Wildman–Crippen MR) is 74.5 cm³/mol. The van der Waals surface area contributed by atoms with E-state index < -0.39 is 11.9 Å². The average Bonchev–Trinajstić information content (AvgIpc) is 2.37. The lowest BCUT2D eigenvalue weighted by Gasteiger charge is -2.13. The van der Waals surface area contributed by atoms with E-state index in [1.54, 1.807) is 6.08 Å². The molecule has 0 amide bonds. The van der Waals surface area contributed by atoms with Gasteiger partial charge in [0.05, 0.1) is 5.92 Å². The molecule has 1 atom stereocenters. The zero-order chi connectivity index (χ0) is 13.4. The average molecular weight is 242 g/mol. The van der Waals surface area contributed by atoms with Crippen LogP contribution in [0.4, 0.5) is 0 Å². The van der Waals surface area contributed by atoms with E-state index >= 15 is 0 Å². The Balaban J connectivity index is 2.97. The summed E-state index contributed by atoms with van der Waals surface area (Å²) in [5.41, 5.74) is 1.79. The Morgan fingerprint density at radius 3 is 2.56 bits per heavy atom. The van der Waals surface area contributed by atoms with Crippen molar-refractivity contribution in [1.82, 2.24) is 0 Å². The van der Waals surface area contributed by atoms with Gasteiger partial charge in [0.15, 0.2) is 0 Å². The Bertz CT molecular complexity index is 455. The fourth-order valence-corrected chi connectivity index (χ4v) is 1.83. The van der Waals surface area contributed by atoms with Crippen LogP contribution in [-0.4, -0.2) is 11.1 Å². The van der Waals surface area contributed by atoms with E-state index in [9.17, 15) is 9.90 Å². The smallest absolute Gasteiger partial charge is 0.311 e. The molecule has 0 heterocycles. The number of carboxylic acid groups (broad SMARTS) is 1. The maximum Gasteiger partial charge on any atom is 0.311 e. The molecule has 2 nitrogen and oxygen atoms in total. The number of rotatable bonds is 6. The van der Waals surface area contributed by atoms with Crippen molar-refractivity contribution in [2.24, 2.45) is 0 Å². The number of carboxylic acids is 1. The fourth-order valence-electron chi connectivity index (χ4n) is 1.83. The highest BCUT2D eigenvalue weighted by Crippen LogP contribution is 2.24. The summed E-state index contributed by atoms with van der Waals surface area (Å²) in [5.74, 6) is -1.32. The molecule has 18 heavy (non-hydrogen) atoms. The predicted octanol–water partition coefficient (Wildman–Crippen LogP) is 3.93. The Morgan fingerprint density at radius 1 is 1.39 bits per heavy atom. The molecule has 0 aliphatic carbocycles. The molecule has 1 unspecified atom stereocenters. The van der Waals surface area contributed by atoms with Crippen LogP contribution >= 0.6 is 0 Å². The first kappa shape index (κ1) is 14.0. The van der Waals surface area contributed by atoms with Crippen LogP contribution in [0.5, 0.6) is 0 Å². The number of hydrogen-bond acceptors (Lipinski definition) is 1. The number of benzene rings is 1. The molecule has 0 saturated heterocycles. The molecule has 1 N–H and O–H groups in total. The van der Waals surface area contributed by atoms with E-state index in [1.807, 2.05) is 55.5 Å².